The van der Waals surface area contributed by atoms with Gasteiger partial charge in [0.15, 0.2) is 0 Å². The monoisotopic (exact) mass is 346 g/mol. The summed E-state index contributed by atoms with van der Waals surface area (Å²) in [5.41, 5.74) is -0.312. The number of Topliss-reactive ketones (excluding diaryl/α,β-unsaturated/α-hetero) is 1. The summed E-state index contributed by atoms with van der Waals surface area (Å²) in [4.78, 5) is 12.7. The molecule has 25 heavy (non-hydrogen) atoms. The smallest absolute Gasteiger partial charge is 0.142 e. The van der Waals surface area contributed by atoms with E-state index in [1.807, 2.05) is 0 Å². The predicted octanol–water partition coefficient (Wildman–Crippen LogP) is 3.57. The van der Waals surface area contributed by atoms with Gasteiger partial charge in [0.1, 0.15) is 11.9 Å². The van der Waals surface area contributed by atoms with Gasteiger partial charge in [0.25, 0.3) is 0 Å². The summed E-state index contributed by atoms with van der Waals surface area (Å²) in [6.45, 7) is 6.36. The first kappa shape index (κ1) is 18.9. The summed E-state index contributed by atoms with van der Waals surface area (Å²) in [5, 5.41) is 21.0. The SMILES string of the molecule is CC(C)CC1C(=O)[C@]2(C)CC[C@H](O)[C@@H](C#C[C@@H](O)C3CCCCC3)[C@H]12. The first-order valence-electron chi connectivity index (χ1n) is 10.3. The zero-order chi connectivity index (χ0) is 18.2. The fraction of sp³-hybridized carbons (Fsp3) is 0.864. The molecule has 0 aromatic carbocycles. The summed E-state index contributed by atoms with van der Waals surface area (Å²) < 4.78 is 0. The second-order valence-electron chi connectivity index (χ2n) is 9.31. The lowest BCUT2D eigenvalue weighted by molar-refractivity contribution is -0.173. The summed E-state index contributed by atoms with van der Waals surface area (Å²) in [6.07, 6.45) is 6.99. The van der Waals surface area contributed by atoms with E-state index in [1.165, 1.54) is 19.3 Å². The Labute approximate surface area is 152 Å². The van der Waals surface area contributed by atoms with Crippen LogP contribution in [0.5, 0.6) is 0 Å². The second kappa shape index (κ2) is 7.41. The standard InChI is InChI=1S/C22H34O3/c1-14(2)13-17-20-16(19(24)11-12-22(20,3)21(17)25)9-10-18(23)15-7-5-4-6-8-15/h14-20,23-24H,4-8,11-13H2,1-3H3/t16-,17?,18-,19+,20-,22-/m1/s1. The van der Waals surface area contributed by atoms with Crippen LogP contribution in [0.1, 0.15) is 72.1 Å². The van der Waals surface area contributed by atoms with Gasteiger partial charge in [-0.1, -0.05) is 51.9 Å². The number of aliphatic hydroxyl groups excluding tert-OH is 2. The Bertz CT molecular complexity index is 551. The molecule has 0 aliphatic heterocycles. The van der Waals surface area contributed by atoms with Crippen molar-refractivity contribution in [3.8, 4) is 11.8 Å². The van der Waals surface area contributed by atoms with Gasteiger partial charge in [-0.15, -0.1) is 0 Å². The highest BCUT2D eigenvalue weighted by Crippen LogP contribution is 2.59. The number of hydrogen-bond donors (Lipinski definition) is 2. The van der Waals surface area contributed by atoms with Gasteiger partial charge in [-0.3, -0.25) is 4.79 Å². The molecule has 0 spiro atoms. The molecule has 0 saturated heterocycles. The van der Waals surface area contributed by atoms with Gasteiger partial charge < -0.3 is 10.2 Å². The molecule has 0 aromatic heterocycles. The van der Waals surface area contributed by atoms with Crippen LogP contribution >= 0.6 is 0 Å². The van der Waals surface area contributed by atoms with E-state index >= 15 is 0 Å². The first-order valence-corrected chi connectivity index (χ1v) is 10.3. The van der Waals surface area contributed by atoms with E-state index < -0.39 is 12.2 Å². The molecule has 0 radical (unpaired) electrons. The van der Waals surface area contributed by atoms with Crippen LogP contribution in [0.3, 0.4) is 0 Å². The van der Waals surface area contributed by atoms with E-state index in [9.17, 15) is 15.0 Å². The van der Waals surface area contributed by atoms with Crippen molar-refractivity contribution in [2.24, 2.45) is 35.0 Å². The number of aliphatic hydroxyl groups is 2. The average molecular weight is 347 g/mol. The van der Waals surface area contributed by atoms with E-state index in [1.54, 1.807) is 0 Å². The first-order chi connectivity index (χ1) is 11.8. The number of hydrogen-bond acceptors (Lipinski definition) is 3. The normalized spacial score (nSPS) is 40.0. The Hall–Kier alpha value is -0.850. The zero-order valence-electron chi connectivity index (χ0n) is 16.0. The molecule has 3 rings (SSSR count). The molecule has 140 valence electrons. The number of rotatable bonds is 3. The molecule has 0 bridgehead atoms. The van der Waals surface area contributed by atoms with Crippen molar-refractivity contribution in [2.75, 3.05) is 0 Å². The fourth-order valence-corrected chi connectivity index (χ4v) is 5.60. The maximum Gasteiger partial charge on any atom is 0.142 e. The number of ketones is 1. The molecule has 0 aromatic rings. The highest BCUT2D eigenvalue weighted by Gasteiger charge is 2.63. The molecule has 2 N–H and O–H groups in total. The lowest BCUT2D eigenvalue weighted by atomic mass is 9.44. The quantitative estimate of drug-likeness (QED) is 0.768. The minimum Gasteiger partial charge on any atom is -0.392 e. The molecule has 1 unspecified atom stereocenters. The molecule has 0 heterocycles. The average Bonchev–Trinajstić information content (AvgIpc) is 2.61. The van der Waals surface area contributed by atoms with Gasteiger partial charge in [0, 0.05) is 11.3 Å². The van der Waals surface area contributed by atoms with E-state index in [4.69, 9.17) is 0 Å². The Morgan fingerprint density at radius 2 is 1.88 bits per heavy atom. The molecule has 3 aliphatic rings. The fourth-order valence-electron chi connectivity index (χ4n) is 5.60. The maximum absolute atomic E-state index is 12.7. The van der Waals surface area contributed by atoms with Crippen LogP contribution in [-0.2, 0) is 4.79 Å². The van der Waals surface area contributed by atoms with Gasteiger partial charge >= 0.3 is 0 Å². The minimum absolute atomic E-state index is 0.0334. The lowest BCUT2D eigenvalue weighted by Crippen LogP contribution is -2.63. The second-order valence-corrected chi connectivity index (χ2v) is 9.31. The Balaban J connectivity index is 1.76. The lowest BCUT2D eigenvalue weighted by Gasteiger charge is -2.58. The Kier molecular flexibility index (Phi) is 5.61. The largest absolute Gasteiger partial charge is 0.392 e. The van der Waals surface area contributed by atoms with Gasteiger partial charge in [0.05, 0.1) is 12.0 Å². The van der Waals surface area contributed by atoms with Crippen molar-refractivity contribution in [2.45, 2.75) is 84.3 Å². The van der Waals surface area contributed by atoms with Gasteiger partial charge in [0.2, 0.25) is 0 Å². The molecule has 3 fully saturated rings. The van der Waals surface area contributed by atoms with Gasteiger partial charge in [-0.2, -0.15) is 0 Å². The third-order valence-electron chi connectivity index (χ3n) is 7.05. The number of carbonyl (C=O) groups is 1. The van der Waals surface area contributed by atoms with Gasteiger partial charge in [-0.05, 0) is 49.9 Å². The van der Waals surface area contributed by atoms with E-state index in [0.717, 1.165) is 25.7 Å². The van der Waals surface area contributed by atoms with Crippen LogP contribution in [0.15, 0.2) is 0 Å². The third-order valence-corrected chi connectivity index (χ3v) is 7.05. The molecular formula is C22H34O3. The predicted molar refractivity (Wildman–Crippen MR) is 98.6 cm³/mol. The van der Waals surface area contributed by atoms with Crippen LogP contribution in [0, 0.1) is 46.8 Å². The van der Waals surface area contributed by atoms with Crippen LogP contribution in [0.25, 0.3) is 0 Å². The van der Waals surface area contributed by atoms with Crippen molar-refractivity contribution in [1.82, 2.24) is 0 Å². The van der Waals surface area contributed by atoms with Crippen molar-refractivity contribution in [3.63, 3.8) is 0 Å². The number of fused-ring (bicyclic) bond motifs is 1. The molecule has 3 saturated carbocycles. The molecule has 0 amide bonds. The Morgan fingerprint density at radius 3 is 2.52 bits per heavy atom. The summed E-state index contributed by atoms with van der Waals surface area (Å²) >= 11 is 0. The highest BCUT2D eigenvalue weighted by molar-refractivity contribution is 5.94. The maximum atomic E-state index is 12.7. The van der Waals surface area contributed by atoms with Crippen molar-refractivity contribution < 1.29 is 15.0 Å². The molecule has 3 aliphatic carbocycles. The van der Waals surface area contributed by atoms with Crippen molar-refractivity contribution >= 4 is 5.78 Å². The highest BCUT2D eigenvalue weighted by atomic mass is 16.3. The molecule has 3 nitrogen and oxygen atoms in total. The van der Waals surface area contributed by atoms with Crippen LogP contribution in [0.2, 0.25) is 0 Å². The Morgan fingerprint density at radius 1 is 1.20 bits per heavy atom. The molecule has 6 atom stereocenters. The van der Waals surface area contributed by atoms with Crippen LogP contribution in [0.4, 0.5) is 0 Å². The van der Waals surface area contributed by atoms with Gasteiger partial charge in [-0.25, -0.2) is 0 Å². The van der Waals surface area contributed by atoms with Crippen molar-refractivity contribution in [1.29, 1.82) is 0 Å². The van der Waals surface area contributed by atoms with Crippen molar-refractivity contribution in [3.05, 3.63) is 0 Å². The van der Waals surface area contributed by atoms with Crippen LogP contribution in [-0.4, -0.2) is 28.2 Å². The summed E-state index contributed by atoms with van der Waals surface area (Å²) in [6, 6.07) is 0. The van der Waals surface area contributed by atoms with Crippen LogP contribution < -0.4 is 0 Å². The minimum atomic E-state index is -0.583. The van der Waals surface area contributed by atoms with E-state index in [-0.39, 0.29) is 29.1 Å². The third kappa shape index (κ3) is 3.53. The topological polar surface area (TPSA) is 57.5 Å². The van der Waals surface area contributed by atoms with E-state index in [0.29, 0.717) is 18.1 Å². The molecular weight excluding hydrogens is 312 g/mol. The summed E-state index contributed by atoms with van der Waals surface area (Å²) in [7, 11) is 0. The zero-order valence-corrected chi connectivity index (χ0v) is 16.0. The molecule has 3 heteroatoms. The summed E-state index contributed by atoms with van der Waals surface area (Å²) in [5.74, 6) is 7.46. The number of carbonyl (C=O) groups excluding carboxylic acids is 1. The van der Waals surface area contributed by atoms with E-state index in [2.05, 4.69) is 32.6 Å².